The zero-order valence-corrected chi connectivity index (χ0v) is 14.0. The number of anilines is 1. The highest BCUT2D eigenvalue weighted by molar-refractivity contribution is 5.93. The number of pyridine rings is 1. The fourth-order valence-electron chi connectivity index (χ4n) is 3.16. The minimum atomic E-state index is -0.0262. The first kappa shape index (κ1) is 16.8. The zero-order valence-electron chi connectivity index (χ0n) is 14.0. The molecule has 122 valence electrons. The van der Waals surface area contributed by atoms with Gasteiger partial charge >= 0.3 is 0 Å². The predicted molar refractivity (Wildman–Crippen MR) is 91.4 cm³/mol. The fraction of sp³-hybridized carbons (Fsp3) is 0.667. The maximum atomic E-state index is 12.4. The molecule has 1 aromatic rings. The van der Waals surface area contributed by atoms with Crippen LogP contribution >= 0.6 is 0 Å². The lowest BCUT2D eigenvalue weighted by Gasteiger charge is -2.25. The van der Waals surface area contributed by atoms with E-state index >= 15 is 0 Å². The Hall–Kier alpha value is -1.58. The van der Waals surface area contributed by atoms with Crippen molar-refractivity contribution in [3.8, 4) is 0 Å². The molecule has 1 aliphatic carbocycles. The molecule has 0 radical (unpaired) electrons. The topological polar surface area (TPSA) is 45.2 Å². The summed E-state index contributed by atoms with van der Waals surface area (Å²) in [7, 11) is 0. The highest BCUT2D eigenvalue weighted by Gasteiger charge is 2.18. The molecule has 1 amide bonds. The molecule has 1 fully saturated rings. The van der Waals surface area contributed by atoms with Crippen LogP contribution in [0.15, 0.2) is 18.3 Å². The molecule has 1 aromatic heterocycles. The minimum absolute atomic E-state index is 0.0262. The van der Waals surface area contributed by atoms with Gasteiger partial charge in [0.05, 0.1) is 0 Å². The Labute approximate surface area is 134 Å². The van der Waals surface area contributed by atoms with Gasteiger partial charge in [0.2, 0.25) is 0 Å². The average molecular weight is 303 g/mol. The maximum absolute atomic E-state index is 12.4. The van der Waals surface area contributed by atoms with E-state index in [4.69, 9.17) is 0 Å². The van der Waals surface area contributed by atoms with Crippen molar-refractivity contribution < 1.29 is 4.79 Å². The molecule has 1 N–H and O–H groups in total. The second kappa shape index (κ2) is 8.76. The third-order valence-electron chi connectivity index (χ3n) is 4.27. The molecule has 0 atom stereocenters. The Balaban J connectivity index is 2.04. The van der Waals surface area contributed by atoms with Crippen LogP contribution in [-0.4, -0.2) is 30.0 Å². The maximum Gasteiger partial charge on any atom is 0.270 e. The number of carbonyl (C=O) groups is 1. The van der Waals surface area contributed by atoms with Crippen LogP contribution in [0.4, 0.5) is 5.69 Å². The summed E-state index contributed by atoms with van der Waals surface area (Å²) < 4.78 is 0. The van der Waals surface area contributed by atoms with E-state index in [-0.39, 0.29) is 5.91 Å². The lowest BCUT2D eigenvalue weighted by molar-refractivity contribution is 0.0922. The summed E-state index contributed by atoms with van der Waals surface area (Å²) in [6.07, 6.45) is 9.90. The lowest BCUT2D eigenvalue weighted by Crippen LogP contribution is -2.36. The molecular weight excluding hydrogens is 274 g/mol. The van der Waals surface area contributed by atoms with Crippen molar-refractivity contribution in [1.29, 1.82) is 0 Å². The van der Waals surface area contributed by atoms with Crippen molar-refractivity contribution in [2.24, 2.45) is 0 Å². The fourth-order valence-corrected chi connectivity index (χ4v) is 3.16. The Morgan fingerprint density at radius 3 is 2.55 bits per heavy atom. The molecule has 4 nitrogen and oxygen atoms in total. The molecule has 0 spiro atoms. The van der Waals surface area contributed by atoms with Gasteiger partial charge in [0.15, 0.2) is 0 Å². The van der Waals surface area contributed by atoms with E-state index in [2.05, 4.69) is 29.0 Å². The predicted octanol–water partition coefficient (Wildman–Crippen LogP) is 3.77. The molecule has 1 aliphatic rings. The van der Waals surface area contributed by atoms with E-state index in [1.165, 1.54) is 19.3 Å². The van der Waals surface area contributed by atoms with Gasteiger partial charge in [-0.3, -0.25) is 9.78 Å². The highest BCUT2D eigenvalue weighted by Crippen LogP contribution is 2.19. The monoisotopic (exact) mass is 303 g/mol. The number of aromatic nitrogens is 1. The zero-order chi connectivity index (χ0) is 15.8. The SMILES string of the molecule is CCCN(CCC)c1ccnc(C(=O)NC2CCCCC2)c1. The molecule has 0 unspecified atom stereocenters. The van der Waals surface area contributed by atoms with Crippen molar-refractivity contribution in [1.82, 2.24) is 10.3 Å². The average Bonchev–Trinajstić information content (AvgIpc) is 2.56. The van der Waals surface area contributed by atoms with Gasteiger partial charge in [0.1, 0.15) is 5.69 Å². The number of carbonyl (C=O) groups excluding carboxylic acids is 1. The molecule has 4 heteroatoms. The van der Waals surface area contributed by atoms with Crippen LogP contribution in [0.1, 0.15) is 69.3 Å². The molecule has 0 bridgehead atoms. The van der Waals surface area contributed by atoms with Crippen molar-refractivity contribution >= 4 is 11.6 Å². The molecule has 1 heterocycles. The Morgan fingerprint density at radius 1 is 1.23 bits per heavy atom. The van der Waals surface area contributed by atoms with E-state index in [1.807, 2.05) is 12.1 Å². The number of nitrogens with one attached hydrogen (secondary N) is 1. The Bertz CT molecular complexity index is 463. The molecule has 1 saturated carbocycles. The lowest BCUT2D eigenvalue weighted by atomic mass is 9.95. The quantitative estimate of drug-likeness (QED) is 0.834. The second-order valence-electron chi connectivity index (χ2n) is 6.19. The van der Waals surface area contributed by atoms with Crippen LogP contribution in [0, 0.1) is 0 Å². The molecule has 0 aromatic carbocycles. The van der Waals surface area contributed by atoms with E-state index in [1.54, 1.807) is 6.20 Å². The normalized spacial score (nSPS) is 15.5. The Morgan fingerprint density at radius 2 is 1.91 bits per heavy atom. The minimum Gasteiger partial charge on any atom is -0.371 e. The number of nitrogens with zero attached hydrogens (tertiary/aromatic N) is 2. The van der Waals surface area contributed by atoms with Crippen LogP contribution in [0.2, 0.25) is 0 Å². The van der Waals surface area contributed by atoms with Gasteiger partial charge in [0.25, 0.3) is 5.91 Å². The van der Waals surface area contributed by atoms with Crippen molar-refractivity contribution in [2.45, 2.75) is 64.8 Å². The van der Waals surface area contributed by atoms with Crippen molar-refractivity contribution in [3.63, 3.8) is 0 Å². The van der Waals surface area contributed by atoms with E-state index in [0.717, 1.165) is 44.5 Å². The van der Waals surface area contributed by atoms with Crippen LogP contribution in [-0.2, 0) is 0 Å². The van der Waals surface area contributed by atoms with E-state index in [9.17, 15) is 4.79 Å². The second-order valence-corrected chi connectivity index (χ2v) is 6.19. The molecule has 2 rings (SSSR count). The Kier molecular flexibility index (Phi) is 6.69. The van der Waals surface area contributed by atoms with Gasteiger partial charge in [-0.05, 0) is 37.8 Å². The summed E-state index contributed by atoms with van der Waals surface area (Å²) in [4.78, 5) is 19.0. The number of hydrogen-bond donors (Lipinski definition) is 1. The summed E-state index contributed by atoms with van der Waals surface area (Å²) in [5, 5.41) is 3.15. The van der Waals surface area contributed by atoms with E-state index < -0.39 is 0 Å². The van der Waals surface area contributed by atoms with Gasteiger partial charge in [-0.2, -0.15) is 0 Å². The molecule has 22 heavy (non-hydrogen) atoms. The van der Waals surface area contributed by atoms with Crippen LogP contribution in [0.25, 0.3) is 0 Å². The third kappa shape index (κ3) is 4.72. The standard InChI is InChI=1S/C18H29N3O/c1-3-12-21(13-4-2)16-10-11-19-17(14-16)18(22)20-15-8-6-5-7-9-15/h10-11,14-15H,3-9,12-13H2,1-2H3,(H,20,22). The largest absolute Gasteiger partial charge is 0.371 e. The molecule has 0 aliphatic heterocycles. The highest BCUT2D eigenvalue weighted by atomic mass is 16.1. The molecular formula is C18H29N3O. The number of amides is 1. The summed E-state index contributed by atoms with van der Waals surface area (Å²) >= 11 is 0. The number of rotatable bonds is 7. The van der Waals surface area contributed by atoms with E-state index in [0.29, 0.717) is 11.7 Å². The van der Waals surface area contributed by atoms with Gasteiger partial charge in [0, 0.05) is 31.0 Å². The summed E-state index contributed by atoms with van der Waals surface area (Å²) in [5.74, 6) is -0.0262. The summed E-state index contributed by atoms with van der Waals surface area (Å²) in [5.41, 5.74) is 1.65. The van der Waals surface area contributed by atoms with Crippen LogP contribution < -0.4 is 10.2 Å². The smallest absolute Gasteiger partial charge is 0.270 e. The molecule has 0 saturated heterocycles. The first-order valence-electron chi connectivity index (χ1n) is 8.76. The van der Waals surface area contributed by atoms with Gasteiger partial charge in [-0.25, -0.2) is 0 Å². The summed E-state index contributed by atoms with van der Waals surface area (Å²) in [6, 6.07) is 4.26. The van der Waals surface area contributed by atoms with Gasteiger partial charge in [-0.1, -0.05) is 33.1 Å². The van der Waals surface area contributed by atoms with Crippen molar-refractivity contribution in [2.75, 3.05) is 18.0 Å². The van der Waals surface area contributed by atoms with Crippen molar-refractivity contribution in [3.05, 3.63) is 24.0 Å². The van der Waals surface area contributed by atoms with Crippen LogP contribution in [0.3, 0.4) is 0 Å². The van der Waals surface area contributed by atoms with Gasteiger partial charge in [-0.15, -0.1) is 0 Å². The first-order chi connectivity index (χ1) is 10.7. The summed E-state index contributed by atoms with van der Waals surface area (Å²) in [6.45, 7) is 6.39. The number of hydrogen-bond acceptors (Lipinski definition) is 3. The first-order valence-corrected chi connectivity index (χ1v) is 8.76. The third-order valence-corrected chi connectivity index (χ3v) is 4.27. The van der Waals surface area contributed by atoms with Gasteiger partial charge < -0.3 is 10.2 Å². The van der Waals surface area contributed by atoms with Crippen LogP contribution in [0.5, 0.6) is 0 Å².